The minimum Gasteiger partial charge on any atom is -0.495 e. The lowest BCUT2D eigenvalue weighted by Crippen LogP contribution is -2.40. The summed E-state index contributed by atoms with van der Waals surface area (Å²) < 4.78 is 5.37. The Morgan fingerprint density at radius 1 is 0.742 bits per heavy atom. The summed E-state index contributed by atoms with van der Waals surface area (Å²) in [5.74, 6) is -0.624. The van der Waals surface area contributed by atoms with Crippen molar-refractivity contribution in [2.75, 3.05) is 12.0 Å². The van der Waals surface area contributed by atoms with Crippen molar-refractivity contribution in [1.29, 1.82) is 0 Å². The Bertz CT molecular complexity index is 1350. The van der Waals surface area contributed by atoms with Gasteiger partial charge in [0.2, 0.25) is 0 Å². The molecule has 0 bridgehead atoms. The standard InChI is InChI=1S/C26H17NO4/c1-31-22-13-6-5-12-21(22)27-25(29)19-11-7-10-17-18(14-15-20(23(17)19)26(27)30)24(28)16-8-3-2-4-9-16/h2-15H,1H3. The van der Waals surface area contributed by atoms with Gasteiger partial charge in [0.15, 0.2) is 5.78 Å². The number of para-hydroxylation sites is 2. The number of anilines is 1. The van der Waals surface area contributed by atoms with E-state index in [4.69, 9.17) is 4.74 Å². The first kappa shape index (κ1) is 18.8. The van der Waals surface area contributed by atoms with Gasteiger partial charge in [-0.15, -0.1) is 0 Å². The van der Waals surface area contributed by atoms with E-state index in [9.17, 15) is 14.4 Å². The van der Waals surface area contributed by atoms with Crippen LogP contribution in [0.4, 0.5) is 5.69 Å². The van der Waals surface area contributed by atoms with Crippen LogP contribution in [0.25, 0.3) is 10.8 Å². The van der Waals surface area contributed by atoms with E-state index in [0.717, 1.165) is 4.90 Å². The fourth-order valence-electron chi connectivity index (χ4n) is 4.07. The molecule has 4 aromatic carbocycles. The van der Waals surface area contributed by atoms with Crippen molar-refractivity contribution in [3.63, 3.8) is 0 Å². The van der Waals surface area contributed by atoms with Crippen LogP contribution < -0.4 is 9.64 Å². The summed E-state index contributed by atoms with van der Waals surface area (Å²) in [6, 6.07) is 24.3. The molecule has 0 atom stereocenters. The van der Waals surface area contributed by atoms with Crippen LogP contribution in [0.15, 0.2) is 84.9 Å². The second-order valence-electron chi connectivity index (χ2n) is 7.20. The molecule has 31 heavy (non-hydrogen) atoms. The van der Waals surface area contributed by atoms with E-state index in [1.165, 1.54) is 7.11 Å². The zero-order chi connectivity index (χ0) is 21.5. The molecule has 2 amide bonds. The number of carbonyl (C=O) groups excluding carboxylic acids is 3. The summed E-state index contributed by atoms with van der Waals surface area (Å²) in [4.78, 5) is 41.1. The van der Waals surface area contributed by atoms with E-state index in [2.05, 4.69) is 0 Å². The number of hydrogen-bond acceptors (Lipinski definition) is 4. The number of ether oxygens (including phenoxy) is 1. The minimum atomic E-state index is -0.447. The van der Waals surface area contributed by atoms with Gasteiger partial charge in [-0.2, -0.15) is 0 Å². The summed E-state index contributed by atoms with van der Waals surface area (Å²) in [6.45, 7) is 0. The first-order chi connectivity index (χ1) is 15.1. The molecule has 5 rings (SSSR count). The Kier molecular flexibility index (Phi) is 4.37. The molecular formula is C26H17NO4. The van der Waals surface area contributed by atoms with Crippen LogP contribution in [-0.4, -0.2) is 24.7 Å². The van der Waals surface area contributed by atoms with Gasteiger partial charge in [0, 0.05) is 27.6 Å². The van der Waals surface area contributed by atoms with Gasteiger partial charge in [0.1, 0.15) is 5.75 Å². The molecule has 0 aromatic heterocycles. The van der Waals surface area contributed by atoms with Gasteiger partial charge in [-0.05, 0) is 35.7 Å². The van der Waals surface area contributed by atoms with Gasteiger partial charge in [-0.1, -0.05) is 54.6 Å². The lowest BCUT2D eigenvalue weighted by molar-refractivity contribution is 0.0891. The highest BCUT2D eigenvalue weighted by molar-refractivity contribution is 6.37. The summed E-state index contributed by atoms with van der Waals surface area (Å²) in [6.07, 6.45) is 0. The second-order valence-corrected chi connectivity index (χ2v) is 7.20. The highest BCUT2D eigenvalue weighted by Gasteiger charge is 2.36. The number of imide groups is 1. The zero-order valence-electron chi connectivity index (χ0n) is 16.7. The molecule has 1 aliphatic heterocycles. The number of rotatable bonds is 4. The Morgan fingerprint density at radius 2 is 1.42 bits per heavy atom. The van der Waals surface area contributed by atoms with Crippen LogP contribution in [0.2, 0.25) is 0 Å². The van der Waals surface area contributed by atoms with E-state index in [-0.39, 0.29) is 5.78 Å². The van der Waals surface area contributed by atoms with Crippen LogP contribution in [0.1, 0.15) is 36.6 Å². The van der Waals surface area contributed by atoms with Gasteiger partial charge in [-0.3, -0.25) is 14.4 Å². The van der Waals surface area contributed by atoms with Crippen molar-refractivity contribution >= 4 is 34.1 Å². The third kappa shape index (κ3) is 2.82. The lowest BCUT2D eigenvalue weighted by atomic mass is 9.88. The van der Waals surface area contributed by atoms with Gasteiger partial charge in [0.25, 0.3) is 11.8 Å². The predicted molar refractivity (Wildman–Crippen MR) is 118 cm³/mol. The van der Waals surface area contributed by atoms with Gasteiger partial charge < -0.3 is 4.74 Å². The maximum Gasteiger partial charge on any atom is 0.266 e. The molecule has 150 valence electrons. The lowest BCUT2D eigenvalue weighted by Gasteiger charge is -2.28. The topological polar surface area (TPSA) is 63.7 Å². The molecular weight excluding hydrogens is 390 g/mol. The molecule has 5 heteroatoms. The maximum absolute atomic E-state index is 13.4. The summed E-state index contributed by atoms with van der Waals surface area (Å²) in [7, 11) is 1.49. The van der Waals surface area contributed by atoms with E-state index in [0.29, 0.717) is 44.5 Å². The Balaban J connectivity index is 1.71. The average molecular weight is 407 g/mol. The molecule has 0 saturated heterocycles. The third-order valence-electron chi connectivity index (χ3n) is 5.51. The Morgan fingerprint density at radius 3 is 2.16 bits per heavy atom. The fourth-order valence-corrected chi connectivity index (χ4v) is 4.07. The van der Waals surface area contributed by atoms with E-state index in [1.807, 2.05) is 6.07 Å². The molecule has 0 saturated carbocycles. The molecule has 0 radical (unpaired) electrons. The smallest absolute Gasteiger partial charge is 0.266 e. The average Bonchev–Trinajstić information content (AvgIpc) is 2.82. The van der Waals surface area contributed by atoms with Crippen molar-refractivity contribution in [2.45, 2.75) is 0 Å². The monoisotopic (exact) mass is 407 g/mol. The van der Waals surface area contributed by atoms with Crippen LogP contribution in [0, 0.1) is 0 Å². The quantitative estimate of drug-likeness (QED) is 0.357. The highest BCUT2D eigenvalue weighted by Crippen LogP contribution is 2.37. The van der Waals surface area contributed by atoms with E-state index >= 15 is 0 Å². The predicted octanol–water partition coefficient (Wildman–Crippen LogP) is 4.88. The number of nitrogens with zero attached hydrogens (tertiary/aromatic N) is 1. The first-order valence-electron chi connectivity index (χ1n) is 9.79. The number of methoxy groups -OCH3 is 1. The molecule has 0 aliphatic carbocycles. The second kappa shape index (κ2) is 7.22. The van der Waals surface area contributed by atoms with E-state index in [1.54, 1.807) is 78.9 Å². The Hall–Kier alpha value is -4.25. The van der Waals surface area contributed by atoms with Gasteiger partial charge in [0.05, 0.1) is 12.8 Å². The minimum absolute atomic E-state index is 0.156. The highest BCUT2D eigenvalue weighted by atomic mass is 16.5. The van der Waals surface area contributed by atoms with Crippen molar-refractivity contribution < 1.29 is 19.1 Å². The van der Waals surface area contributed by atoms with Crippen LogP contribution in [-0.2, 0) is 0 Å². The van der Waals surface area contributed by atoms with Crippen LogP contribution in [0.5, 0.6) is 5.75 Å². The molecule has 0 N–H and O–H groups in total. The number of benzene rings is 4. The number of carbonyl (C=O) groups is 3. The molecule has 4 aromatic rings. The SMILES string of the molecule is COc1ccccc1N1C(=O)c2cccc3c(C(=O)c4ccccc4)ccc(c23)C1=O. The molecule has 0 spiro atoms. The van der Waals surface area contributed by atoms with E-state index < -0.39 is 11.8 Å². The van der Waals surface area contributed by atoms with Crippen molar-refractivity contribution in [3.05, 3.63) is 107 Å². The molecule has 5 nitrogen and oxygen atoms in total. The summed E-state index contributed by atoms with van der Waals surface area (Å²) in [5.41, 5.74) is 2.14. The number of hydrogen-bond donors (Lipinski definition) is 0. The normalized spacial score (nSPS) is 12.9. The summed E-state index contributed by atoms with van der Waals surface area (Å²) in [5, 5.41) is 1.09. The van der Waals surface area contributed by atoms with Gasteiger partial charge in [-0.25, -0.2) is 4.90 Å². The van der Waals surface area contributed by atoms with Crippen LogP contribution >= 0.6 is 0 Å². The first-order valence-corrected chi connectivity index (χ1v) is 9.79. The largest absolute Gasteiger partial charge is 0.495 e. The number of ketones is 1. The van der Waals surface area contributed by atoms with Crippen molar-refractivity contribution in [2.24, 2.45) is 0 Å². The van der Waals surface area contributed by atoms with Crippen molar-refractivity contribution in [1.82, 2.24) is 0 Å². The Labute approximate surface area is 178 Å². The van der Waals surface area contributed by atoms with Crippen molar-refractivity contribution in [3.8, 4) is 5.75 Å². The number of amides is 2. The fraction of sp³-hybridized carbons (Fsp3) is 0.0385. The van der Waals surface area contributed by atoms with Gasteiger partial charge >= 0.3 is 0 Å². The molecule has 1 heterocycles. The summed E-state index contributed by atoms with van der Waals surface area (Å²) >= 11 is 0. The molecule has 1 aliphatic rings. The molecule has 0 fully saturated rings. The third-order valence-corrected chi connectivity index (χ3v) is 5.51. The molecule has 0 unspecified atom stereocenters. The maximum atomic E-state index is 13.4. The van der Waals surface area contributed by atoms with Crippen LogP contribution in [0.3, 0.4) is 0 Å². The zero-order valence-corrected chi connectivity index (χ0v) is 16.7.